The van der Waals surface area contributed by atoms with E-state index in [2.05, 4.69) is 50.4 Å². The van der Waals surface area contributed by atoms with Gasteiger partial charge in [-0.15, -0.1) is 0 Å². The van der Waals surface area contributed by atoms with Gasteiger partial charge in [-0.2, -0.15) is 0 Å². The molecule has 15 heavy (non-hydrogen) atoms. The van der Waals surface area contributed by atoms with Crippen LogP contribution in [0.15, 0.2) is 23.4 Å². The quantitative estimate of drug-likeness (QED) is 0.773. The number of rotatable bonds is 2. The molecule has 1 aliphatic rings. The fraction of sp³-hybridized carbons (Fsp3) is 0.300. The van der Waals surface area contributed by atoms with E-state index in [1.54, 1.807) is 2.95 Å². The van der Waals surface area contributed by atoms with Crippen molar-refractivity contribution in [2.75, 3.05) is 9.56 Å². The number of oxime groups is 1. The summed E-state index contributed by atoms with van der Waals surface area (Å²) in [5.74, 6) is 0. The van der Waals surface area contributed by atoms with Crippen LogP contribution in [0.3, 0.4) is 0 Å². The summed E-state index contributed by atoms with van der Waals surface area (Å²) in [5.41, 5.74) is 4.37. The molecule has 0 saturated heterocycles. The first-order chi connectivity index (χ1) is 7.20. The monoisotopic (exact) mass is 332 g/mol. The van der Waals surface area contributed by atoms with Gasteiger partial charge in [0.2, 0.25) is 0 Å². The summed E-state index contributed by atoms with van der Waals surface area (Å²) in [5, 5.41) is 4.06. The van der Waals surface area contributed by atoms with Gasteiger partial charge in [-0.25, -0.2) is 2.95 Å². The lowest BCUT2D eigenvalue weighted by molar-refractivity contribution is 0.174. The third kappa shape index (κ3) is 2.18. The molecule has 5 heteroatoms. The third-order valence-corrected chi connectivity index (χ3v) is 3.09. The molecule has 0 spiro atoms. The maximum atomic E-state index is 5.04. The van der Waals surface area contributed by atoms with Gasteiger partial charge in [-0.3, -0.25) is 0 Å². The second kappa shape index (κ2) is 4.53. The van der Waals surface area contributed by atoms with Crippen molar-refractivity contribution in [2.45, 2.75) is 13.3 Å². The second-order valence-electron chi connectivity index (χ2n) is 3.32. The highest BCUT2D eigenvalue weighted by molar-refractivity contribution is 9.25. The predicted molar refractivity (Wildman–Crippen MR) is 68.6 cm³/mol. The Morgan fingerprint density at radius 2 is 2.20 bits per heavy atom. The average Bonchev–Trinajstić information content (AvgIpc) is 2.70. The molecule has 0 N–H and O–H groups in total. The molecule has 1 heterocycles. The van der Waals surface area contributed by atoms with Gasteiger partial charge in [0, 0.05) is 12.0 Å². The summed E-state index contributed by atoms with van der Waals surface area (Å²) in [4.78, 5) is 5.04. The zero-order chi connectivity index (χ0) is 10.8. The fourth-order valence-electron chi connectivity index (χ4n) is 1.65. The van der Waals surface area contributed by atoms with Crippen molar-refractivity contribution in [3.63, 3.8) is 0 Å². The lowest BCUT2D eigenvalue weighted by atomic mass is 10.0. The van der Waals surface area contributed by atoms with Gasteiger partial charge in [0.25, 0.3) is 0 Å². The van der Waals surface area contributed by atoms with Crippen LogP contribution in [-0.2, 0) is 4.84 Å². The van der Waals surface area contributed by atoms with Crippen molar-refractivity contribution in [3.8, 4) is 0 Å². The van der Waals surface area contributed by atoms with Crippen molar-refractivity contribution in [2.24, 2.45) is 5.16 Å². The second-order valence-corrected chi connectivity index (χ2v) is 5.69. The zero-order valence-corrected chi connectivity index (χ0v) is 11.4. The predicted octanol–water partition coefficient (Wildman–Crippen LogP) is 3.55. The molecule has 1 aromatic rings. The Morgan fingerprint density at radius 3 is 2.80 bits per heavy atom. The molecule has 0 radical (unpaired) electrons. The Morgan fingerprint density at radius 1 is 1.40 bits per heavy atom. The SMILES string of the molecule is Cc1cccc(N(Br)Br)c1C1=NOCC1. The Bertz CT molecular complexity index is 404. The molecule has 0 saturated carbocycles. The number of benzene rings is 1. The molecule has 0 aromatic heterocycles. The topological polar surface area (TPSA) is 24.8 Å². The van der Waals surface area contributed by atoms with E-state index in [0.717, 1.165) is 23.4 Å². The van der Waals surface area contributed by atoms with E-state index in [1.807, 2.05) is 12.1 Å². The third-order valence-electron chi connectivity index (χ3n) is 2.33. The summed E-state index contributed by atoms with van der Waals surface area (Å²) in [7, 11) is 0. The van der Waals surface area contributed by atoms with E-state index in [-0.39, 0.29) is 0 Å². The van der Waals surface area contributed by atoms with E-state index in [4.69, 9.17) is 4.84 Å². The maximum absolute atomic E-state index is 5.04. The first-order valence-electron chi connectivity index (χ1n) is 4.60. The van der Waals surface area contributed by atoms with Crippen LogP contribution >= 0.6 is 32.3 Å². The standard InChI is InChI=1S/C10H10Br2N2O/c1-7-3-2-4-9(14(11)12)10(7)8-5-6-15-13-8/h2-4H,5-6H2,1H3. The molecule has 1 aromatic carbocycles. The van der Waals surface area contributed by atoms with Gasteiger partial charge < -0.3 is 4.84 Å². The van der Waals surface area contributed by atoms with Crippen LogP contribution in [0.1, 0.15) is 17.5 Å². The first kappa shape index (κ1) is 11.0. The molecule has 0 unspecified atom stereocenters. The van der Waals surface area contributed by atoms with Crippen LogP contribution in [0.2, 0.25) is 0 Å². The number of anilines is 1. The summed E-state index contributed by atoms with van der Waals surface area (Å²) in [6.07, 6.45) is 0.867. The maximum Gasteiger partial charge on any atom is 0.122 e. The largest absolute Gasteiger partial charge is 0.395 e. The van der Waals surface area contributed by atoms with Crippen LogP contribution in [0.25, 0.3) is 0 Å². The van der Waals surface area contributed by atoms with Crippen molar-refractivity contribution in [1.29, 1.82) is 0 Å². The van der Waals surface area contributed by atoms with Crippen molar-refractivity contribution < 1.29 is 4.84 Å². The Balaban J connectivity index is 2.51. The molecular formula is C10H10Br2N2O. The highest BCUT2D eigenvalue weighted by atomic mass is 79.9. The van der Waals surface area contributed by atoms with Crippen LogP contribution in [0, 0.1) is 6.92 Å². The van der Waals surface area contributed by atoms with Gasteiger partial charge in [0.05, 0.1) is 43.7 Å². The summed E-state index contributed by atoms with van der Waals surface area (Å²) in [6.45, 7) is 2.75. The fourth-order valence-corrected chi connectivity index (χ4v) is 2.24. The molecule has 0 atom stereocenters. The van der Waals surface area contributed by atoms with Crippen molar-refractivity contribution >= 4 is 43.7 Å². The van der Waals surface area contributed by atoms with E-state index >= 15 is 0 Å². The lowest BCUT2D eigenvalue weighted by Crippen LogP contribution is -2.06. The minimum Gasteiger partial charge on any atom is -0.395 e. The molecule has 0 aliphatic carbocycles. The number of hydrogen-bond acceptors (Lipinski definition) is 3. The molecule has 0 fully saturated rings. The van der Waals surface area contributed by atoms with Gasteiger partial charge in [-0.05, 0) is 18.6 Å². The minimum absolute atomic E-state index is 0.674. The van der Waals surface area contributed by atoms with E-state index in [9.17, 15) is 0 Å². The van der Waals surface area contributed by atoms with Gasteiger partial charge in [0.15, 0.2) is 0 Å². The number of nitrogens with zero attached hydrogens (tertiary/aromatic N) is 2. The van der Waals surface area contributed by atoms with E-state index < -0.39 is 0 Å². The van der Waals surface area contributed by atoms with E-state index in [0.29, 0.717) is 6.61 Å². The average molecular weight is 334 g/mol. The molecule has 0 bridgehead atoms. The molecular weight excluding hydrogens is 324 g/mol. The summed E-state index contributed by atoms with van der Waals surface area (Å²) in [6, 6.07) is 6.11. The van der Waals surface area contributed by atoms with Crippen molar-refractivity contribution in [3.05, 3.63) is 29.3 Å². The molecule has 0 amide bonds. The highest BCUT2D eigenvalue weighted by Gasteiger charge is 2.18. The smallest absolute Gasteiger partial charge is 0.122 e. The van der Waals surface area contributed by atoms with Gasteiger partial charge in [-0.1, -0.05) is 17.3 Å². The normalized spacial score (nSPS) is 14.7. The summed E-state index contributed by atoms with van der Waals surface area (Å²) >= 11 is 6.74. The van der Waals surface area contributed by atoms with Crippen LogP contribution in [0.4, 0.5) is 5.69 Å². The number of halogens is 2. The molecule has 2 rings (SSSR count). The minimum atomic E-state index is 0.674. The lowest BCUT2D eigenvalue weighted by Gasteiger charge is -2.14. The Labute approximate surface area is 106 Å². The Kier molecular flexibility index (Phi) is 3.31. The van der Waals surface area contributed by atoms with Crippen LogP contribution in [0.5, 0.6) is 0 Å². The van der Waals surface area contributed by atoms with Crippen LogP contribution < -0.4 is 2.95 Å². The molecule has 80 valence electrons. The highest BCUT2D eigenvalue weighted by Crippen LogP contribution is 2.31. The molecule has 3 nitrogen and oxygen atoms in total. The number of aryl methyl sites for hydroxylation is 1. The number of hydrogen-bond donors (Lipinski definition) is 0. The van der Waals surface area contributed by atoms with Crippen molar-refractivity contribution in [1.82, 2.24) is 0 Å². The van der Waals surface area contributed by atoms with E-state index in [1.165, 1.54) is 5.56 Å². The van der Waals surface area contributed by atoms with Gasteiger partial charge in [0.1, 0.15) is 6.61 Å². The van der Waals surface area contributed by atoms with Gasteiger partial charge >= 0.3 is 0 Å². The molecule has 1 aliphatic heterocycles. The summed E-state index contributed by atoms with van der Waals surface area (Å²) < 4.78 is 1.74. The van der Waals surface area contributed by atoms with Crippen LogP contribution in [-0.4, -0.2) is 12.3 Å². The zero-order valence-electron chi connectivity index (χ0n) is 8.20. The first-order valence-corrected chi connectivity index (χ1v) is 6.02. The Hall–Kier alpha value is -0.550.